The van der Waals surface area contributed by atoms with E-state index in [4.69, 9.17) is 4.42 Å². The predicted octanol–water partition coefficient (Wildman–Crippen LogP) is 3.62. The summed E-state index contributed by atoms with van der Waals surface area (Å²) in [5, 5.41) is 2.72. The number of aromatic nitrogens is 1. The van der Waals surface area contributed by atoms with Crippen LogP contribution in [0.25, 0.3) is 0 Å². The highest BCUT2D eigenvalue weighted by molar-refractivity contribution is 7.89. The number of hydrogen-bond acceptors (Lipinski definition) is 5. The van der Waals surface area contributed by atoms with Crippen LogP contribution in [-0.2, 0) is 16.6 Å². The van der Waals surface area contributed by atoms with Crippen LogP contribution in [0, 0.1) is 6.92 Å². The van der Waals surface area contributed by atoms with Gasteiger partial charge in [0.25, 0.3) is 11.5 Å². The third-order valence-electron chi connectivity index (χ3n) is 5.74. The zero-order valence-electron chi connectivity index (χ0n) is 18.5. The number of carbonyl (C=O) groups excluding carboxylic acids is 1. The normalized spacial score (nSPS) is 15.2. The van der Waals surface area contributed by atoms with Crippen LogP contribution >= 0.6 is 0 Å². The zero-order chi connectivity index (χ0) is 23.4. The Morgan fingerprint density at radius 3 is 2.52 bits per heavy atom. The maximum atomic E-state index is 13.2. The van der Waals surface area contributed by atoms with E-state index in [0.717, 1.165) is 25.7 Å². The van der Waals surface area contributed by atoms with Gasteiger partial charge in [0, 0.05) is 31.0 Å². The molecule has 1 aliphatic heterocycles. The van der Waals surface area contributed by atoms with Gasteiger partial charge in [-0.3, -0.25) is 9.59 Å². The molecule has 9 heteroatoms. The lowest BCUT2D eigenvalue weighted by Crippen LogP contribution is -2.32. The van der Waals surface area contributed by atoms with Gasteiger partial charge in [0.15, 0.2) is 5.76 Å². The van der Waals surface area contributed by atoms with Gasteiger partial charge in [0.2, 0.25) is 10.0 Å². The molecule has 0 saturated carbocycles. The second kappa shape index (κ2) is 9.76. The van der Waals surface area contributed by atoms with Gasteiger partial charge in [-0.1, -0.05) is 25.0 Å². The molecule has 2 aromatic heterocycles. The number of hydrogen-bond donors (Lipinski definition) is 1. The Kier molecular flexibility index (Phi) is 6.80. The number of nitrogens with zero attached hydrogens (tertiary/aromatic N) is 2. The van der Waals surface area contributed by atoms with E-state index >= 15 is 0 Å². The number of anilines is 1. The van der Waals surface area contributed by atoms with Gasteiger partial charge < -0.3 is 14.3 Å². The van der Waals surface area contributed by atoms with Gasteiger partial charge in [-0.25, -0.2) is 8.42 Å². The molecule has 33 heavy (non-hydrogen) atoms. The fourth-order valence-electron chi connectivity index (χ4n) is 3.91. The molecule has 1 aromatic carbocycles. The van der Waals surface area contributed by atoms with Gasteiger partial charge in [-0.05, 0) is 55.7 Å². The average Bonchev–Trinajstić information content (AvgIpc) is 3.08. The lowest BCUT2D eigenvalue weighted by atomic mass is 10.2. The van der Waals surface area contributed by atoms with Crippen LogP contribution in [0.15, 0.2) is 68.8 Å². The molecule has 1 saturated heterocycles. The van der Waals surface area contributed by atoms with Gasteiger partial charge in [-0.15, -0.1) is 0 Å². The van der Waals surface area contributed by atoms with Gasteiger partial charge in [0.1, 0.15) is 5.76 Å². The lowest BCUT2D eigenvalue weighted by molar-refractivity contribution is 0.0994. The number of nitrogens with one attached hydrogen (secondary N) is 1. The summed E-state index contributed by atoms with van der Waals surface area (Å²) in [7, 11) is -3.65. The van der Waals surface area contributed by atoms with Crippen molar-refractivity contribution in [3.63, 3.8) is 0 Å². The summed E-state index contributed by atoms with van der Waals surface area (Å²) in [5.41, 5.74) is 0.833. The molecular weight excluding hydrogens is 442 g/mol. The van der Waals surface area contributed by atoms with E-state index in [1.54, 1.807) is 43.5 Å². The maximum absolute atomic E-state index is 13.2. The smallest absolute Gasteiger partial charge is 0.291 e. The van der Waals surface area contributed by atoms with Crippen molar-refractivity contribution in [2.24, 2.45) is 0 Å². The summed E-state index contributed by atoms with van der Waals surface area (Å²) in [6.07, 6.45) is 5.41. The SMILES string of the molecule is Cc1ccc(NC(=O)c2ccc(Cn3ccccc3=O)o2)cc1S(=O)(=O)N1CCCCCC1. The first-order valence-corrected chi connectivity index (χ1v) is 12.4. The number of sulfonamides is 1. The standard InChI is InChI=1S/C24H27N3O5S/c1-18-9-10-19(16-22(18)33(30,31)27-14-5-2-3-6-15-27)25-24(29)21-12-11-20(32-21)17-26-13-7-4-8-23(26)28/h4,7-13,16H,2-3,5-6,14-15,17H2,1H3,(H,25,29). The third kappa shape index (κ3) is 5.26. The van der Waals surface area contributed by atoms with Crippen LogP contribution < -0.4 is 10.9 Å². The van der Waals surface area contributed by atoms with Crippen molar-refractivity contribution in [3.8, 4) is 0 Å². The Hall–Kier alpha value is -3.17. The average molecular weight is 470 g/mol. The fraction of sp³-hybridized carbons (Fsp3) is 0.333. The Morgan fingerprint density at radius 2 is 1.79 bits per heavy atom. The molecule has 1 fully saturated rings. The zero-order valence-corrected chi connectivity index (χ0v) is 19.3. The number of pyridine rings is 1. The van der Waals surface area contributed by atoms with Crippen LogP contribution in [0.2, 0.25) is 0 Å². The van der Waals surface area contributed by atoms with Crippen molar-refractivity contribution in [2.75, 3.05) is 18.4 Å². The van der Waals surface area contributed by atoms with E-state index < -0.39 is 15.9 Å². The highest BCUT2D eigenvalue weighted by Gasteiger charge is 2.27. The summed E-state index contributed by atoms with van der Waals surface area (Å²) in [6.45, 7) is 2.98. The minimum atomic E-state index is -3.65. The first kappa shape index (κ1) is 23.0. The molecule has 0 atom stereocenters. The number of benzene rings is 1. The van der Waals surface area contributed by atoms with E-state index in [-0.39, 0.29) is 22.8 Å². The minimum absolute atomic E-state index is 0.0754. The molecule has 4 rings (SSSR count). The predicted molar refractivity (Wildman–Crippen MR) is 125 cm³/mol. The highest BCUT2D eigenvalue weighted by Crippen LogP contribution is 2.26. The Morgan fingerprint density at radius 1 is 1.03 bits per heavy atom. The Balaban J connectivity index is 1.50. The molecule has 1 N–H and O–H groups in total. The van der Waals surface area contributed by atoms with Crippen LogP contribution in [0.3, 0.4) is 0 Å². The topological polar surface area (TPSA) is 102 Å². The largest absolute Gasteiger partial charge is 0.454 e. The third-order valence-corrected chi connectivity index (χ3v) is 7.78. The summed E-state index contributed by atoms with van der Waals surface area (Å²) < 4.78 is 35.1. The molecule has 0 bridgehead atoms. The molecule has 0 spiro atoms. The quantitative estimate of drug-likeness (QED) is 0.594. The number of furan rings is 1. The van der Waals surface area contributed by atoms with Crippen molar-refractivity contribution in [3.05, 3.63) is 82.2 Å². The Labute approximate surface area is 192 Å². The van der Waals surface area contributed by atoms with Crippen LogP contribution in [0.4, 0.5) is 5.69 Å². The number of carbonyl (C=O) groups is 1. The van der Waals surface area contributed by atoms with Crippen LogP contribution in [-0.4, -0.2) is 36.3 Å². The fourth-order valence-corrected chi connectivity index (χ4v) is 5.68. The molecule has 8 nitrogen and oxygen atoms in total. The molecule has 0 unspecified atom stereocenters. The van der Waals surface area contributed by atoms with E-state index in [2.05, 4.69) is 5.32 Å². The van der Waals surface area contributed by atoms with Crippen molar-refractivity contribution in [1.29, 1.82) is 0 Å². The van der Waals surface area contributed by atoms with E-state index in [9.17, 15) is 18.0 Å². The monoisotopic (exact) mass is 469 g/mol. The molecular formula is C24H27N3O5S. The van der Waals surface area contributed by atoms with Gasteiger partial charge in [0.05, 0.1) is 11.4 Å². The second-order valence-corrected chi connectivity index (χ2v) is 10.1. The van der Waals surface area contributed by atoms with Gasteiger partial charge >= 0.3 is 0 Å². The summed E-state index contributed by atoms with van der Waals surface area (Å²) in [6, 6.07) is 12.9. The molecule has 1 amide bonds. The molecule has 3 aromatic rings. The van der Waals surface area contributed by atoms with Crippen molar-refractivity contribution in [1.82, 2.24) is 8.87 Å². The first-order chi connectivity index (χ1) is 15.8. The number of aryl methyl sites for hydroxylation is 1. The van der Waals surface area contributed by atoms with Crippen LogP contribution in [0.1, 0.15) is 47.6 Å². The highest BCUT2D eigenvalue weighted by atomic mass is 32.2. The first-order valence-electron chi connectivity index (χ1n) is 11.0. The van der Waals surface area contributed by atoms with Crippen molar-refractivity contribution in [2.45, 2.75) is 44.0 Å². The molecule has 1 aliphatic rings. The van der Waals surface area contributed by atoms with E-state index in [0.29, 0.717) is 30.1 Å². The minimum Gasteiger partial charge on any atom is -0.454 e. The van der Waals surface area contributed by atoms with Gasteiger partial charge in [-0.2, -0.15) is 4.31 Å². The molecule has 0 radical (unpaired) electrons. The second-order valence-electron chi connectivity index (χ2n) is 8.19. The molecule has 174 valence electrons. The molecule has 0 aliphatic carbocycles. The summed E-state index contributed by atoms with van der Waals surface area (Å²) >= 11 is 0. The van der Waals surface area contributed by atoms with Crippen LogP contribution in [0.5, 0.6) is 0 Å². The Bertz CT molecular complexity index is 1300. The molecule has 3 heterocycles. The number of amides is 1. The van der Waals surface area contributed by atoms with E-state index in [1.165, 1.54) is 27.1 Å². The number of rotatable bonds is 6. The summed E-state index contributed by atoms with van der Waals surface area (Å²) in [4.78, 5) is 24.8. The van der Waals surface area contributed by atoms with Crippen molar-refractivity contribution >= 4 is 21.6 Å². The van der Waals surface area contributed by atoms with Crippen molar-refractivity contribution < 1.29 is 17.6 Å². The van der Waals surface area contributed by atoms with E-state index in [1.807, 2.05) is 0 Å². The summed E-state index contributed by atoms with van der Waals surface area (Å²) in [5.74, 6) is 0.0388. The maximum Gasteiger partial charge on any atom is 0.291 e. The lowest BCUT2D eigenvalue weighted by Gasteiger charge is -2.21.